The molecule has 13 rings (SSSR count). The molecular formula is C64H50N4. The topological polar surface area (TPSA) is 35.1 Å². The number of nitrogens with zero attached hydrogens (tertiary/aromatic N) is 4. The summed E-state index contributed by atoms with van der Waals surface area (Å²) in [6.07, 6.45) is 11.4. The van der Waals surface area contributed by atoms with Crippen molar-refractivity contribution < 1.29 is 0 Å². The van der Waals surface area contributed by atoms with Gasteiger partial charge in [-0.3, -0.25) is 4.99 Å². The van der Waals surface area contributed by atoms with Gasteiger partial charge >= 0.3 is 0 Å². The second-order valence-electron chi connectivity index (χ2n) is 18.8. The summed E-state index contributed by atoms with van der Waals surface area (Å²) in [6, 6.07) is 78.0. The Labute approximate surface area is 397 Å². The maximum Gasteiger partial charge on any atom is 0.0791 e. The first-order valence-electron chi connectivity index (χ1n) is 24.3. The molecule has 1 atom stereocenters. The van der Waals surface area contributed by atoms with Gasteiger partial charge in [0.25, 0.3) is 0 Å². The Morgan fingerprint density at radius 2 is 0.941 bits per heavy atom. The summed E-state index contributed by atoms with van der Waals surface area (Å²) in [5, 5.41) is 5.01. The van der Waals surface area contributed by atoms with Crippen molar-refractivity contribution in [1.82, 2.24) is 14.1 Å². The number of allylic oxidation sites excluding steroid dienone is 1. The van der Waals surface area contributed by atoms with Crippen LogP contribution in [-0.4, -0.2) is 19.8 Å². The first-order valence-corrected chi connectivity index (χ1v) is 24.3. The molecule has 0 amide bonds. The molecule has 1 aliphatic carbocycles. The van der Waals surface area contributed by atoms with E-state index in [4.69, 9.17) is 9.98 Å². The molecule has 3 aromatic heterocycles. The lowest BCUT2D eigenvalue weighted by Crippen LogP contribution is -2.30. The van der Waals surface area contributed by atoms with Crippen molar-refractivity contribution in [2.45, 2.75) is 50.0 Å². The largest absolute Gasteiger partial charge is 0.309 e. The van der Waals surface area contributed by atoms with Gasteiger partial charge in [-0.2, -0.15) is 0 Å². The summed E-state index contributed by atoms with van der Waals surface area (Å²) in [6.45, 7) is 0. The van der Waals surface area contributed by atoms with Gasteiger partial charge in [0, 0.05) is 49.5 Å². The van der Waals surface area contributed by atoms with Crippen LogP contribution in [0.3, 0.4) is 0 Å². The predicted octanol–water partition coefficient (Wildman–Crippen LogP) is 16.4. The van der Waals surface area contributed by atoms with Crippen LogP contribution in [0.2, 0.25) is 0 Å². The van der Waals surface area contributed by atoms with Gasteiger partial charge in [0.1, 0.15) is 0 Å². The van der Waals surface area contributed by atoms with Crippen LogP contribution in [0.25, 0.3) is 77.5 Å². The number of rotatable bonds is 8. The maximum atomic E-state index is 5.24. The zero-order valence-electron chi connectivity index (χ0n) is 38.0. The molecule has 8 aromatic carbocycles. The highest BCUT2D eigenvalue weighted by Gasteiger charge is 2.36. The van der Waals surface area contributed by atoms with E-state index in [0.717, 1.165) is 53.1 Å². The molecule has 0 spiro atoms. The van der Waals surface area contributed by atoms with Crippen LogP contribution in [-0.2, 0) is 5.41 Å². The Kier molecular flexibility index (Phi) is 9.85. The number of pyridine rings is 1. The molecule has 0 bridgehead atoms. The Hall–Kier alpha value is -8.08. The minimum Gasteiger partial charge on any atom is -0.309 e. The minimum atomic E-state index is -0.0460. The summed E-state index contributed by atoms with van der Waals surface area (Å²) in [4.78, 5) is 10.3. The van der Waals surface area contributed by atoms with Crippen molar-refractivity contribution in [3.63, 3.8) is 0 Å². The van der Waals surface area contributed by atoms with Gasteiger partial charge in [-0.25, -0.2) is 4.98 Å². The molecule has 0 radical (unpaired) electrons. The van der Waals surface area contributed by atoms with E-state index in [9.17, 15) is 0 Å². The molecule has 1 unspecified atom stereocenters. The Balaban J connectivity index is 0.837. The summed E-state index contributed by atoms with van der Waals surface area (Å²) < 4.78 is 4.89. The van der Waals surface area contributed by atoms with Crippen molar-refractivity contribution in [1.29, 1.82) is 0 Å². The Morgan fingerprint density at radius 1 is 0.412 bits per heavy atom. The highest BCUT2D eigenvalue weighted by molar-refractivity contribution is 6.12. The monoisotopic (exact) mass is 874 g/mol. The van der Waals surface area contributed by atoms with Gasteiger partial charge in [0.2, 0.25) is 0 Å². The molecule has 4 nitrogen and oxygen atoms in total. The number of dihydropyridines is 1. The molecule has 326 valence electrons. The fourth-order valence-electron chi connectivity index (χ4n) is 11.6. The number of aliphatic imine (C=N–C) groups is 1. The van der Waals surface area contributed by atoms with Crippen LogP contribution in [0, 0.1) is 0 Å². The quantitative estimate of drug-likeness (QED) is 0.150. The lowest BCUT2D eigenvalue weighted by molar-refractivity contribution is 0.346. The van der Waals surface area contributed by atoms with E-state index in [2.05, 4.69) is 228 Å². The van der Waals surface area contributed by atoms with Crippen LogP contribution < -0.4 is 0 Å². The number of hydrogen-bond donors (Lipinski definition) is 0. The standard InChI is InChI=1S/C64H50N4/c1-4-16-44(17-5-1)56-22-14-24-58(65-56)46-28-38-62-54(42-46)52-20-8-10-26-60(52)67(62)50-34-30-48(31-35-50)64(40-12-3-13-41-64)49-32-36-51(37-33-49)68-61-27-11-9-21-53(61)55-43-47(29-39-63(55)68)59-25-15-23-57(66-59)45-18-6-2-7-19-45/h1-2,4-11,14-24,26-39,42-43,59H,3,12-13,25,40-41H2. The normalized spacial score (nSPS) is 15.9. The van der Waals surface area contributed by atoms with Crippen molar-refractivity contribution in [2.24, 2.45) is 4.99 Å². The van der Waals surface area contributed by atoms with Crippen LogP contribution in [0.5, 0.6) is 0 Å². The van der Waals surface area contributed by atoms with Crippen LogP contribution >= 0.6 is 0 Å². The molecule has 4 heteroatoms. The van der Waals surface area contributed by atoms with Gasteiger partial charge in [-0.15, -0.1) is 0 Å². The average Bonchev–Trinajstić information content (AvgIpc) is 3.94. The minimum absolute atomic E-state index is 0.0460. The molecule has 11 aromatic rings. The summed E-state index contributed by atoms with van der Waals surface area (Å²) in [5.74, 6) is 0. The van der Waals surface area contributed by atoms with Gasteiger partial charge in [-0.05, 0) is 120 Å². The van der Waals surface area contributed by atoms with E-state index in [-0.39, 0.29) is 11.5 Å². The molecule has 2 aliphatic rings. The van der Waals surface area contributed by atoms with Crippen molar-refractivity contribution in [3.8, 4) is 33.9 Å². The smallest absolute Gasteiger partial charge is 0.0791 e. The molecular weight excluding hydrogens is 825 g/mol. The van der Waals surface area contributed by atoms with Crippen molar-refractivity contribution in [2.75, 3.05) is 0 Å². The molecule has 0 N–H and O–H groups in total. The molecule has 4 heterocycles. The van der Waals surface area contributed by atoms with Crippen molar-refractivity contribution in [3.05, 3.63) is 247 Å². The molecule has 0 saturated heterocycles. The van der Waals surface area contributed by atoms with Gasteiger partial charge in [0.15, 0.2) is 0 Å². The zero-order chi connectivity index (χ0) is 45.0. The Bertz CT molecular complexity index is 3720. The molecule has 1 fully saturated rings. The second-order valence-corrected chi connectivity index (χ2v) is 18.8. The Morgan fingerprint density at radius 3 is 1.57 bits per heavy atom. The van der Waals surface area contributed by atoms with E-state index >= 15 is 0 Å². The van der Waals surface area contributed by atoms with E-state index in [1.165, 1.54) is 90.9 Å². The average molecular weight is 875 g/mol. The second kappa shape index (κ2) is 16.7. The van der Waals surface area contributed by atoms with Crippen LogP contribution in [0.1, 0.15) is 66.8 Å². The number of fused-ring (bicyclic) bond motifs is 6. The molecule has 1 aliphatic heterocycles. The van der Waals surface area contributed by atoms with E-state index in [1.807, 2.05) is 6.07 Å². The van der Waals surface area contributed by atoms with Crippen molar-refractivity contribution >= 4 is 49.3 Å². The summed E-state index contributed by atoms with van der Waals surface area (Å²) in [5.41, 5.74) is 17.6. The number of benzene rings is 8. The summed E-state index contributed by atoms with van der Waals surface area (Å²) >= 11 is 0. The fraction of sp³-hybridized carbons (Fsp3) is 0.125. The highest BCUT2D eigenvalue weighted by atomic mass is 15.0. The van der Waals surface area contributed by atoms with Crippen LogP contribution in [0.4, 0.5) is 0 Å². The third kappa shape index (κ3) is 6.82. The SMILES string of the molecule is C1=CC(c2ccccc2)=NC(c2ccc3c(c2)c2ccccc2n3-c2ccc(C3(c4ccc(-n5c6ccccc6c6cc(-c7cccc(-c8ccccc8)n7)ccc65)cc4)CCCCC3)cc2)C1. The number of aromatic nitrogens is 3. The van der Waals surface area contributed by atoms with Gasteiger partial charge in [0.05, 0.1) is 45.2 Å². The highest BCUT2D eigenvalue weighted by Crippen LogP contribution is 2.46. The first kappa shape index (κ1) is 40.2. The van der Waals surface area contributed by atoms with E-state index in [0.29, 0.717) is 0 Å². The first-order chi connectivity index (χ1) is 33.7. The predicted molar refractivity (Wildman–Crippen MR) is 284 cm³/mol. The fourth-order valence-corrected chi connectivity index (χ4v) is 11.6. The lowest BCUT2D eigenvalue weighted by Gasteiger charge is -2.39. The van der Waals surface area contributed by atoms with E-state index < -0.39 is 0 Å². The number of para-hydroxylation sites is 2. The lowest BCUT2D eigenvalue weighted by atomic mass is 9.65. The zero-order valence-corrected chi connectivity index (χ0v) is 38.0. The van der Waals surface area contributed by atoms with Gasteiger partial charge < -0.3 is 9.13 Å². The third-order valence-corrected chi connectivity index (χ3v) is 14.9. The van der Waals surface area contributed by atoms with Gasteiger partial charge in [-0.1, -0.05) is 165 Å². The summed E-state index contributed by atoms with van der Waals surface area (Å²) in [7, 11) is 0. The maximum absolute atomic E-state index is 5.24. The molecule has 68 heavy (non-hydrogen) atoms. The third-order valence-electron chi connectivity index (χ3n) is 14.9. The van der Waals surface area contributed by atoms with E-state index in [1.54, 1.807) is 0 Å². The van der Waals surface area contributed by atoms with Crippen LogP contribution in [0.15, 0.2) is 229 Å². The number of hydrogen-bond acceptors (Lipinski definition) is 2. The molecule has 1 saturated carbocycles.